The predicted molar refractivity (Wildman–Crippen MR) is 106 cm³/mol. The molecule has 0 aliphatic heterocycles. The summed E-state index contributed by atoms with van der Waals surface area (Å²) in [5, 5.41) is 10.8. The van der Waals surface area contributed by atoms with Crippen molar-refractivity contribution >= 4 is 21.7 Å². The number of alkyl halides is 1. The molecule has 0 heterocycles. The minimum Gasteiger partial charge on any atom is -0.393 e. The number of hydrogen-bond donors (Lipinski definition) is 1. The molecule has 0 bridgehead atoms. The van der Waals surface area contributed by atoms with Gasteiger partial charge in [0.25, 0.3) is 0 Å². The van der Waals surface area contributed by atoms with E-state index >= 15 is 0 Å². The van der Waals surface area contributed by atoms with Crippen molar-refractivity contribution < 1.29 is 14.6 Å². The number of methoxy groups -OCH3 is 1. The molecule has 0 amide bonds. The highest BCUT2D eigenvalue weighted by molar-refractivity contribution is 9.09. The van der Waals surface area contributed by atoms with Crippen LogP contribution in [-0.4, -0.2) is 36.0 Å². The average Bonchev–Trinajstić information content (AvgIpc) is 2.99. The summed E-state index contributed by atoms with van der Waals surface area (Å²) in [5.74, 6) is 3.49. The summed E-state index contributed by atoms with van der Waals surface area (Å²) in [6.07, 6.45) is 10.2. The molecule has 0 radical (unpaired) electrons. The first-order valence-electron chi connectivity index (χ1n) is 10.7. The van der Waals surface area contributed by atoms with Gasteiger partial charge in [-0.15, -0.1) is 0 Å². The van der Waals surface area contributed by atoms with E-state index < -0.39 is 0 Å². The van der Waals surface area contributed by atoms with Crippen molar-refractivity contribution in [3.63, 3.8) is 0 Å². The topological polar surface area (TPSA) is 46.5 Å². The molecule has 4 saturated carbocycles. The Bertz CT molecular complexity index is 552. The van der Waals surface area contributed by atoms with Crippen LogP contribution < -0.4 is 0 Å². The summed E-state index contributed by atoms with van der Waals surface area (Å²) in [5.41, 5.74) is 0.483. The van der Waals surface area contributed by atoms with E-state index in [0.29, 0.717) is 22.9 Å². The monoisotopic (exact) mass is 426 g/mol. The van der Waals surface area contributed by atoms with Crippen LogP contribution >= 0.6 is 15.9 Å². The lowest BCUT2D eigenvalue weighted by atomic mass is 9.44. The number of Topliss-reactive ketones (excluding diaryl/α,β-unsaturated/α-hetero) is 1. The third-order valence-electron chi connectivity index (χ3n) is 9.27. The van der Waals surface area contributed by atoms with Gasteiger partial charge in [-0.1, -0.05) is 22.9 Å². The number of ketones is 1. The number of carbonyl (C=O) groups is 1. The zero-order chi connectivity index (χ0) is 18.5. The first-order chi connectivity index (χ1) is 12.5. The van der Waals surface area contributed by atoms with Crippen molar-refractivity contribution in [3.8, 4) is 0 Å². The molecule has 4 rings (SSSR count). The van der Waals surface area contributed by atoms with Crippen LogP contribution in [0, 0.1) is 40.4 Å². The van der Waals surface area contributed by atoms with Gasteiger partial charge in [-0.3, -0.25) is 4.79 Å². The van der Waals surface area contributed by atoms with Crippen LogP contribution in [0.2, 0.25) is 0 Å². The van der Waals surface area contributed by atoms with Gasteiger partial charge in [-0.2, -0.15) is 0 Å². The molecule has 1 unspecified atom stereocenters. The summed E-state index contributed by atoms with van der Waals surface area (Å²) < 4.78 is 5.80. The van der Waals surface area contributed by atoms with Crippen LogP contribution in [-0.2, 0) is 9.53 Å². The molecular formula is C22H35BrO3. The Kier molecular flexibility index (Phi) is 5.33. The zero-order valence-corrected chi connectivity index (χ0v) is 18.0. The predicted octanol–water partition coefficient (Wildman–Crippen LogP) is 4.60. The average molecular weight is 427 g/mol. The van der Waals surface area contributed by atoms with Gasteiger partial charge in [0.2, 0.25) is 0 Å². The van der Waals surface area contributed by atoms with E-state index in [2.05, 4.69) is 22.9 Å². The maximum atomic E-state index is 12.6. The number of aliphatic hydroxyl groups excluding tert-OH is 1. The van der Waals surface area contributed by atoms with Crippen molar-refractivity contribution in [2.24, 2.45) is 40.4 Å². The van der Waals surface area contributed by atoms with Gasteiger partial charge >= 0.3 is 0 Å². The highest BCUT2D eigenvalue weighted by Crippen LogP contribution is 2.67. The number of fused-ring (bicyclic) bond motifs is 5. The maximum Gasteiger partial charge on any atom is 0.147 e. The fourth-order valence-electron chi connectivity index (χ4n) is 8.20. The lowest BCUT2D eigenvalue weighted by Crippen LogP contribution is -2.57. The largest absolute Gasteiger partial charge is 0.393 e. The van der Waals surface area contributed by atoms with E-state index in [9.17, 15) is 9.90 Å². The van der Waals surface area contributed by atoms with Crippen molar-refractivity contribution in [2.45, 2.75) is 70.8 Å². The molecule has 1 N–H and O–H groups in total. The lowest BCUT2D eigenvalue weighted by Gasteiger charge is -2.61. The Morgan fingerprint density at radius 1 is 1.12 bits per heavy atom. The zero-order valence-electron chi connectivity index (χ0n) is 16.4. The molecular weight excluding hydrogens is 392 g/mol. The van der Waals surface area contributed by atoms with Crippen LogP contribution in [0.3, 0.4) is 0 Å². The Morgan fingerprint density at radius 2 is 1.92 bits per heavy atom. The van der Waals surface area contributed by atoms with Crippen LogP contribution in [0.4, 0.5) is 0 Å². The van der Waals surface area contributed by atoms with Gasteiger partial charge in [-0.25, -0.2) is 0 Å². The molecule has 8 atom stereocenters. The second-order valence-electron chi connectivity index (χ2n) is 10.0. The van der Waals surface area contributed by atoms with E-state index in [4.69, 9.17) is 4.74 Å². The number of rotatable bonds is 4. The lowest BCUT2D eigenvalue weighted by molar-refractivity contribution is -0.160. The van der Waals surface area contributed by atoms with Gasteiger partial charge in [0.05, 0.1) is 18.0 Å². The number of hydrogen-bond acceptors (Lipinski definition) is 3. The minimum atomic E-state index is -0.109. The van der Waals surface area contributed by atoms with Crippen LogP contribution in [0.1, 0.15) is 64.7 Å². The number of halogens is 1. The SMILES string of the molecule is COC[C@]12CC[C@@H](O)C[C@@H]1CCC1[C@@H]3CC[C@H](C(=O)CBr)[C@@]3(C)CC[C@@H]12. The standard InChI is InChI=1S/C22H35BrO3/c1-21-9-8-18-16(17(21)5-6-19(21)20(25)12-23)4-3-14-11-15(24)7-10-22(14,18)13-26-2/h14-19,24H,3-13H2,1-2H3/t14-,15+,16?,17-,18-,19+,21-,22+/m0/s1. The molecule has 0 aromatic rings. The summed E-state index contributed by atoms with van der Waals surface area (Å²) in [7, 11) is 1.85. The fourth-order valence-corrected chi connectivity index (χ4v) is 8.59. The molecule has 4 fully saturated rings. The van der Waals surface area contributed by atoms with Crippen molar-refractivity contribution in [3.05, 3.63) is 0 Å². The van der Waals surface area contributed by atoms with Crippen LogP contribution in [0.5, 0.6) is 0 Å². The molecule has 3 nitrogen and oxygen atoms in total. The van der Waals surface area contributed by atoms with Gasteiger partial charge in [-0.05, 0) is 92.3 Å². The molecule has 4 aliphatic carbocycles. The summed E-state index contributed by atoms with van der Waals surface area (Å²) in [6, 6.07) is 0. The summed E-state index contributed by atoms with van der Waals surface area (Å²) in [4.78, 5) is 12.6. The first-order valence-corrected chi connectivity index (χ1v) is 11.8. The molecule has 0 aromatic carbocycles. The van der Waals surface area contributed by atoms with Crippen molar-refractivity contribution in [1.29, 1.82) is 0 Å². The first kappa shape index (κ1) is 19.4. The normalized spacial score (nSPS) is 50.6. The molecule has 0 aromatic heterocycles. The van der Waals surface area contributed by atoms with Gasteiger partial charge in [0, 0.05) is 13.0 Å². The molecule has 4 aliphatic rings. The summed E-state index contributed by atoms with van der Waals surface area (Å²) >= 11 is 3.42. The Morgan fingerprint density at radius 3 is 2.65 bits per heavy atom. The van der Waals surface area contributed by atoms with Gasteiger partial charge in [0.15, 0.2) is 0 Å². The van der Waals surface area contributed by atoms with E-state index in [1.807, 2.05) is 7.11 Å². The number of aliphatic hydroxyl groups is 1. The molecule has 4 heteroatoms. The highest BCUT2D eigenvalue weighted by Gasteiger charge is 2.62. The number of ether oxygens (including phenoxy) is 1. The van der Waals surface area contributed by atoms with E-state index in [1.54, 1.807) is 0 Å². The molecule has 0 saturated heterocycles. The Balaban J connectivity index is 1.63. The highest BCUT2D eigenvalue weighted by atomic mass is 79.9. The second kappa shape index (κ2) is 7.15. The molecule has 26 heavy (non-hydrogen) atoms. The third kappa shape index (κ3) is 2.76. The van der Waals surface area contributed by atoms with Crippen LogP contribution in [0.25, 0.3) is 0 Å². The third-order valence-corrected chi connectivity index (χ3v) is 9.82. The van der Waals surface area contributed by atoms with E-state index in [1.165, 1.54) is 32.1 Å². The smallest absolute Gasteiger partial charge is 0.147 e. The fraction of sp³-hybridized carbons (Fsp3) is 0.955. The quantitative estimate of drug-likeness (QED) is 0.668. The minimum absolute atomic E-state index is 0.109. The molecule has 148 valence electrons. The molecule has 0 spiro atoms. The van der Waals surface area contributed by atoms with Crippen molar-refractivity contribution in [1.82, 2.24) is 0 Å². The maximum absolute atomic E-state index is 12.6. The summed E-state index contributed by atoms with van der Waals surface area (Å²) in [6.45, 7) is 3.28. The second-order valence-corrected chi connectivity index (χ2v) is 10.6. The van der Waals surface area contributed by atoms with Crippen LogP contribution in [0.15, 0.2) is 0 Å². The van der Waals surface area contributed by atoms with Gasteiger partial charge in [0.1, 0.15) is 5.78 Å². The number of carbonyl (C=O) groups excluding carboxylic acids is 1. The Hall–Kier alpha value is 0.0700. The van der Waals surface area contributed by atoms with Gasteiger partial charge < -0.3 is 9.84 Å². The van der Waals surface area contributed by atoms with E-state index in [0.717, 1.165) is 44.1 Å². The Labute approximate surface area is 166 Å². The van der Waals surface area contributed by atoms with Crippen molar-refractivity contribution in [2.75, 3.05) is 19.0 Å². The van der Waals surface area contributed by atoms with E-state index in [-0.39, 0.29) is 22.9 Å².